The molecule has 1 aromatic heterocycles. The van der Waals surface area contributed by atoms with Crippen LogP contribution >= 0.6 is 31.9 Å². The highest BCUT2D eigenvalue weighted by Crippen LogP contribution is 2.39. The zero-order chi connectivity index (χ0) is 16.8. The van der Waals surface area contributed by atoms with Crippen LogP contribution in [0.25, 0.3) is 17.0 Å². The quantitative estimate of drug-likeness (QED) is 0.531. The Balaban J connectivity index is 1.85. The van der Waals surface area contributed by atoms with E-state index in [1.165, 1.54) is 0 Å². The summed E-state index contributed by atoms with van der Waals surface area (Å²) in [7, 11) is 0. The van der Waals surface area contributed by atoms with Crippen LogP contribution < -0.4 is 4.74 Å². The van der Waals surface area contributed by atoms with E-state index >= 15 is 0 Å². The topological polar surface area (TPSA) is 62.3 Å². The van der Waals surface area contributed by atoms with E-state index in [1.54, 1.807) is 18.2 Å². The van der Waals surface area contributed by atoms with Crippen molar-refractivity contribution >= 4 is 54.6 Å². The van der Waals surface area contributed by atoms with Crippen molar-refractivity contribution < 1.29 is 14.6 Å². The average molecular weight is 449 g/mol. The first-order valence-corrected chi connectivity index (χ1v) is 8.79. The minimum atomic E-state index is -1.31. The monoisotopic (exact) mass is 447 g/mol. The molecule has 1 aliphatic rings. The summed E-state index contributed by atoms with van der Waals surface area (Å²) in [5, 5.41) is 11.3. The lowest BCUT2D eigenvalue weighted by Crippen LogP contribution is -2.30. The number of hydrogen-bond donors (Lipinski definition) is 2. The first-order valence-electron chi connectivity index (χ1n) is 7.21. The van der Waals surface area contributed by atoms with Crippen LogP contribution in [0.1, 0.15) is 15.9 Å². The fourth-order valence-electron chi connectivity index (χ4n) is 2.81. The molecular formula is C18H11Br2NO3. The highest BCUT2D eigenvalue weighted by atomic mass is 79.9. The molecule has 1 atom stereocenters. The fraction of sp³-hybridized carbons (Fsp3) is 0.0556. The molecule has 0 spiro atoms. The molecule has 2 N–H and O–H groups in total. The number of benzene rings is 2. The number of aliphatic hydroxyl groups is 1. The number of carbonyl (C=O) groups is 1. The maximum Gasteiger partial charge on any atom is 0.228 e. The number of ether oxygens (including phenoxy) is 1. The van der Waals surface area contributed by atoms with E-state index in [0.29, 0.717) is 15.8 Å². The van der Waals surface area contributed by atoms with Gasteiger partial charge in [0.25, 0.3) is 0 Å². The lowest BCUT2D eigenvalue weighted by molar-refractivity contribution is 0.00817. The normalized spacial score (nSPS) is 18.7. The molecule has 0 saturated heterocycles. The number of Topliss-reactive ketones (excluding diaryl/α,β-unsaturated/α-hetero) is 1. The van der Waals surface area contributed by atoms with Crippen molar-refractivity contribution in [2.45, 2.75) is 6.29 Å². The largest absolute Gasteiger partial charge is 0.459 e. The Morgan fingerprint density at radius 1 is 1.21 bits per heavy atom. The number of aliphatic hydroxyl groups excluding tert-OH is 1. The van der Waals surface area contributed by atoms with Crippen molar-refractivity contribution in [3.05, 3.63) is 68.2 Å². The molecule has 4 rings (SSSR count). The molecular weight excluding hydrogens is 438 g/mol. The summed E-state index contributed by atoms with van der Waals surface area (Å²) < 4.78 is 6.92. The van der Waals surface area contributed by atoms with Crippen molar-refractivity contribution in [1.82, 2.24) is 4.98 Å². The molecule has 6 heteroatoms. The highest BCUT2D eigenvalue weighted by Gasteiger charge is 2.32. The van der Waals surface area contributed by atoms with Crippen molar-refractivity contribution in [3.63, 3.8) is 0 Å². The van der Waals surface area contributed by atoms with E-state index in [9.17, 15) is 9.90 Å². The van der Waals surface area contributed by atoms with Gasteiger partial charge in [0.15, 0.2) is 5.78 Å². The molecule has 0 saturated carbocycles. The molecule has 0 radical (unpaired) electrons. The second-order valence-corrected chi connectivity index (χ2v) is 7.22. The number of hydrogen-bond acceptors (Lipinski definition) is 3. The number of fused-ring (bicyclic) bond motifs is 2. The molecule has 1 aliphatic heterocycles. The zero-order valence-corrected chi connectivity index (χ0v) is 15.4. The maximum atomic E-state index is 12.8. The first-order chi connectivity index (χ1) is 11.5. The van der Waals surface area contributed by atoms with E-state index in [0.717, 1.165) is 20.9 Å². The molecule has 0 fully saturated rings. The van der Waals surface area contributed by atoms with E-state index in [1.807, 2.05) is 30.5 Å². The minimum Gasteiger partial charge on any atom is -0.459 e. The van der Waals surface area contributed by atoms with Gasteiger partial charge in [0.05, 0.1) is 15.6 Å². The van der Waals surface area contributed by atoms with Crippen LogP contribution in [0.15, 0.2) is 57.1 Å². The van der Waals surface area contributed by atoms with Crippen LogP contribution in [0, 0.1) is 0 Å². The number of H-pyrrole nitrogens is 1. The average Bonchev–Trinajstić information content (AvgIpc) is 2.96. The van der Waals surface area contributed by atoms with Crippen LogP contribution in [0.3, 0.4) is 0 Å². The lowest BCUT2D eigenvalue weighted by Gasteiger charge is -2.25. The van der Waals surface area contributed by atoms with E-state index in [2.05, 4.69) is 36.8 Å². The Bertz CT molecular complexity index is 1010. The summed E-state index contributed by atoms with van der Waals surface area (Å²) in [6.07, 6.45) is 2.17. The van der Waals surface area contributed by atoms with Gasteiger partial charge in [-0.1, -0.05) is 34.1 Å². The molecule has 1 unspecified atom stereocenters. The molecule has 2 heterocycles. The summed E-state index contributed by atoms with van der Waals surface area (Å²) in [6, 6.07) is 11.2. The minimum absolute atomic E-state index is 0.206. The van der Waals surface area contributed by atoms with Gasteiger partial charge in [-0.05, 0) is 40.2 Å². The molecule has 4 nitrogen and oxygen atoms in total. The van der Waals surface area contributed by atoms with Gasteiger partial charge in [-0.15, -0.1) is 0 Å². The summed E-state index contributed by atoms with van der Waals surface area (Å²) in [6.45, 7) is 0. The molecule has 0 aliphatic carbocycles. The third-order valence-corrected chi connectivity index (χ3v) is 4.99. The third kappa shape index (κ3) is 2.51. The van der Waals surface area contributed by atoms with Gasteiger partial charge in [-0.2, -0.15) is 0 Å². The Morgan fingerprint density at radius 2 is 2.00 bits per heavy atom. The fourth-order valence-corrected chi connectivity index (χ4v) is 4.13. The zero-order valence-electron chi connectivity index (χ0n) is 12.2. The number of aromatic nitrogens is 1. The van der Waals surface area contributed by atoms with Gasteiger partial charge < -0.3 is 14.8 Å². The SMILES string of the molecule is O=C1C(=Cc2c[nH]c3ccccc23)C(O)Oc2c(Br)cc(Br)cc21. The van der Waals surface area contributed by atoms with Gasteiger partial charge in [-0.3, -0.25) is 4.79 Å². The number of aromatic amines is 1. The van der Waals surface area contributed by atoms with Crippen molar-refractivity contribution in [2.24, 2.45) is 0 Å². The van der Waals surface area contributed by atoms with Gasteiger partial charge in [0, 0.05) is 27.1 Å². The van der Waals surface area contributed by atoms with Crippen molar-refractivity contribution in [1.29, 1.82) is 0 Å². The number of halogens is 2. The molecule has 120 valence electrons. The lowest BCUT2D eigenvalue weighted by atomic mass is 9.97. The molecule has 0 amide bonds. The number of carbonyl (C=O) groups excluding carboxylic acids is 1. The number of para-hydroxylation sites is 1. The smallest absolute Gasteiger partial charge is 0.228 e. The Hall–Kier alpha value is -1.89. The Labute approximate surface area is 154 Å². The van der Waals surface area contributed by atoms with Crippen LogP contribution in [0.5, 0.6) is 5.75 Å². The van der Waals surface area contributed by atoms with Gasteiger partial charge in [0.1, 0.15) is 5.75 Å². The predicted octanol–water partition coefficient (Wildman–Crippen LogP) is 4.67. The van der Waals surface area contributed by atoms with Crippen LogP contribution in [0.2, 0.25) is 0 Å². The number of ketones is 1. The summed E-state index contributed by atoms with van der Waals surface area (Å²) in [4.78, 5) is 16.0. The first kappa shape index (κ1) is 15.6. The molecule has 2 aromatic carbocycles. The summed E-state index contributed by atoms with van der Waals surface area (Å²) in [5.74, 6) is 0.0998. The number of rotatable bonds is 1. The summed E-state index contributed by atoms with van der Waals surface area (Å²) >= 11 is 6.73. The van der Waals surface area contributed by atoms with E-state index in [4.69, 9.17) is 4.74 Å². The third-order valence-electron chi connectivity index (χ3n) is 3.94. The van der Waals surface area contributed by atoms with Gasteiger partial charge in [-0.25, -0.2) is 0 Å². The standard InChI is InChI=1S/C18H11Br2NO3/c19-10-6-12-16(22)13(18(23)24-17(12)14(20)7-10)5-9-8-21-15-4-2-1-3-11(9)15/h1-8,18,21,23H. The second kappa shape index (κ2) is 5.88. The van der Waals surface area contributed by atoms with Crippen molar-refractivity contribution in [2.75, 3.05) is 0 Å². The number of nitrogens with one attached hydrogen (secondary N) is 1. The van der Waals surface area contributed by atoms with Crippen LogP contribution in [-0.4, -0.2) is 22.2 Å². The molecule has 24 heavy (non-hydrogen) atoms. The van der Waals surface area contributed by atoms with Gasteiger partial charge >= 0.3 is 0 Å². The maximum absolute atomic E-state index is 12.8. The molecule has 0 bridgehead atoms. The van der Waals surface area contributed by atoms with Crippen LogP contribution in [-0.2, 0) is 0 Å². The Kier molecular flexibility index (Phi) is 3.83. The van der Waals surface area contributed by atoms with Crippen LogP contribution in [0.4, 0.5) is 0 Å². The van der Waals surface area contributed by atoms with Crippen molar-refractivity contribution in [3.8, 4) is 5.75 Å². The highest BCUT2D eigenvalue weighted by molar-refractivity contribution is 9.11. The van der Waals surface area contributed by atoms with Gasteiger partial charge in [0.2, 0.25) is 6.29 Å². The summed E-state index contributed by atoms with van der Waals surface area (Å²) in [5.41, 5.74) is 2.41. The van der Waals surface area contributed by atoms with E-state index < -0.39 is 6.29 Å². The molecule has 3 aromatic rings. The predicted molar refractivity (Wildman–Crippen MR) is 99.1 cm³/mol. The Morgan fingerprint density at radius 3 is 2.83 bits per heavy atom. The second-order valence-electron chi connectivity index (χ2n) is 5.45. The van der Waals surface area contributed by atoms with E-state index in [-0.39, 0.29) is 11.4 Å².